The van der Waals surface area contributed by atoms with E-state index in [1.54, 1.807) is 19.9 Å². The van der Waals surface area contributed by atoms with Crippen molar-refractivity contribution >= 4 is 35.3 Å². The fraction of sp³-hybridized carbons (Fsp3) is 0.565. The predicted molar refractivity (Wildman–Crippen MR) is 128 cm³/mol. The minimum absolute atomic E-state index is 0.0692. The molecule has 0 aliphatic heterocycles. The number of carbonyl (C=O) groups is 4. The molecule has 0 saturated heterocycles. The van der Waals surface area contributed by atoms with Crippen molar-refractivity contribution in [3.63, 3.8) is 0 Å². The molecule has 0 aromatic heterocycles. The Kier molecular flexibility index (Phi) is 11.8. The van der Waals surface area contributed by atoms with E-state index in [1.165, 1.54) is 12.1 Å². The van der Waals surface area contributed by atoms with Gasteiger partial charge in [0.05, 0.1) is 5.56 Å². The van der Waals surface area contributed by atoms with Crippen LogP contribution in [0, 0.1) is 11.8 Å². The zero-order valence-corrected chi connectivity index (χ0v) is 20.7. The maximum Gasteiger partial charge on any atom is 0.326 e. The first-order valence-corrected chi connectivity index (χ1v) is 11.5. The number of ether oxygens (including phenoxy) is 1. The van der Waals surface area contributed by atoms with Crippen LogP contribution in [0.4, 0.5) is 0 Å². The van der Waals surface area contributed by atoms with E-state index in [4.69, 9.17) is 27.8 Å². The lowest BCUT2D eigenvalue weighted by Crippen LogP contribution is -2.53. The normalized spacial score (nSPS) is 13.8. The van der Waals surface area contributed by atoms with Crippen LogP contribution in [0.5, 0.6) is 5.75 Å². The number of hydrogen-bond donors (Lipinski definition) is 5. The first kappa shape index (κ1) is 29.2. The minimum Gasteiger partial charge on any atom is -0.491 e. The fourth-order valence-corrected chi connectivity index (χ4v) is 3.41. The van der Waals surface area contributed by atoms with Crippen molar-refractivity contribution in [1.29, 1.82) is 0 Å². The molecule has 0 aliphatic carbocycles. The topological polar surface area (TPSA) is 174 Å². The molecule has 0 radical (unpaired) electrons. The van der Waals surface area contributed by atoms with Crippen LogP contribution < -0.4 is 26.8 Å². The van der Waals surface area contributed by atoms with Gasteiger partial charge in [0.2, 0.25) is 11.8 Å². The maximum atomic E-state index is 13.1. The lowest BCUT2D eigenvalue weighted by Gasteiger charge is -2.23. The smallest absolute Gasteiger partial charge is 0.326 e. The van der Waals surface area contributed by atoms with Crippen molar-refractivity contribution in [2.75, 3.05) is 6.61 Å². The molecule has 7 N–H and O–H groups in total. The molecule has 0 saturated carbocycles. The van der Waals surface area contributed by atoms with Gasteiger partial charge in [0.1, 0.15) is 24.4 Å². The van der Waals surface area contributed by atoms with Gasteiger partial charge in [0.15, 0.2) is 0 Å². The molecule has 0 spiro atoms. The Morgan fingerprint density at radius 1 is 1.12 bits per heavy atom. The van der Waals surface area contributed by atoms with Crippen molar-refractivity contribution in [1.82, 2.24) is 10.6 Å². The number of hydrogen-bond acceptors (Lipinski definition) is 6. The molecule has 0 unspecified atom stereocenters. The quantitative estimate of drug-likeness (QED) is 0.259. The molecule has 1 aromatic rings. The van der Waals surface area contributed by atoms with E-state index in [-0.39, 0.29) is 41.8 Å². The largest absolute Gasteiger partial charge is 0.491 e. The van der Waals surface area contributed by atoms with Crippen LogP contribution in [0.15, 0.2) is 18.2 Å². The third-order valence-corrected chi connectivity index (χ3v) is 5.18. The van der Waals surface area contributed by atoms with E-state index in [0.717, 1.165) is 6.42 Å². The lowest BCUT2D eigenvalue weighted by molar-refractivity contribution is -0.143. The molecule has 10 nitrogen and oxygen atoms in total. The standard InChI is InChI=1S/C23H35ClN4O6/c1-12(2)9-15(25)11-34-18-7-5-14(24)10-16(18)21(30)27-17(6-8-19(26)29)22(31)28-20(13(3)4)23(32)33/h5,7,10,12-13,15,17,20H,6,8-9,11,25H2,1-4H3,(H2,26,29)(H,27,30)(H,28,31)(H,32,33)/t15-,17+,20+/m1/s1. The third kappa shape index (κ3) is 9.96. The Balaban J connectivity index is 3.08. The summed E-state index contributed by atoms with van der Waals surface area (Å²) in [5.74, 6) is -3.13. The van der Waals surface area contributed by atoms with Crippen LogP contribution >= 0.6 is 11.6 Å². The van der Waals surface area contributed by atoms with E-state index >= 15 is 0 Å². The number of nitrogens with one attached hydrogen (secondary N) is 2. The summed E-state index contributed by atoms with van der Waals surface area (Å²) in [6.07, 6.45) is 0.416. The molecule has 34 heavy (non-hydrogen) atoms. The van der Waals surface area contributed by atoms with E-state index < -0.39 is 41.7 Å². The van der Waals surface area contributed by atoms with Crippen molar-refractivity contribution < 1.29 is 29.0 Å². The fourth-order valence-electron chi connectivity index (χ4n) is 3.23. The Bertz CT molecular complexity index is 877. The van der Waals surface area contributed by atoms with E-state index in [1.807, 2.05) is 13.8 Å². The maximum absolute atomic E-state index is 13.1. The number of primary amides is 1. The summed E-state index contributed by atoms with van der Waals surface area (Å²) in [5, 5.41) is 14.6. The lowest BCUT2D eigenvalue weighted by atomic mass is 10.0. The van der Waals surface area contributed by atoms with E-state index in [2.05, 4.69) is 10.6 Å². The first-order chi connectivity index (χ1) is 15.8. The number of benzene rings is 1. The number of carbonyl (C=O) groups excluding carboxylic acids is 3. The van der Waals surface area contributed by atoms with Gasteiger partial charge in [-0.25, -0.2) is 4.79 Å². The van der Waals surface area contributed by atoms with Gasteiger partial charge in [-0.2, -0.15) is 0 Å². The van der Waals surface area contributed by atoms with Gasteiger partial charge in [0, 0.05) is 17.5 Å². The van der Waals surface area contributed by atoms with E-state index in [9.17, 15) is 24.3 Å². The van der Waals surface area contributed by atoms with Crippen LogP contribution in [-0.2, 0) is 14.4 Å². The third-order valence-electron chi connectivity index (χ3n) is 4.95. The average Bonchev–Trinajstić information content (AvgIpc) is 2.72. The molecule has 0 bridgehead atoms. The highest BCUT2D eigenvalue weighted by atomic mass is 35.5. The van der Waals surface area contributed by atoms with Crippen molar-refractivity contribution in [2.24, 2.45) is 23.3 Å². The molecule has 1 aromatic carbocycles. The summed E-state index contributed by atoms with van der Waals surface area (Å²) in [4.78, 5) is 48.6. The van der Waals surface area contributed by atoms with Crippen molar-refractivity contribution in [3.05, 3.63) is 28.8 Å². The molecule has 11 heteroatoms. The predicted octanol–water partition coefficient (Wildman–Crippen LogP) is 1.68. The van der Waals surface area contributed by atoms with Crippen LogP contribution in [-0.4, -0.2) is 53.5 Å². The molecular formula is C23H35ClN4O6. The number of carboxylic acids is 1. The molecule has 0 heterocycles. The summed E-state index contributed by atoms with van der Waals surface area (Å²) in [7, 11) is 0. The number of aliphatic carboxylic acids is 1. The summed E-state index contributed by atoms with van der Waals surface area (Å²) in [6, 6.07) is 1.83. The summed E-state index contributed by atoms with van der Waals surface area (Å²) < 4.78 is 5.75. The Labute approximate surface area is 204 Å². The highest BCUT2D eigenvalue weighted by molar-refractivity contribution is 6.31. The first-order valence-electron chi connectivity index (χ1n) is 11.1. The van der Waals surface area contributed by atoms with Gasteiger partial charge in [-0.3, -0.25) is 14.4 Å². The van der Waals surface area contributed by atoms with Gasteiger partial charge in [-0.05, 0) is 42.9 Å². The summed E-state index contributed by atoms with van der Waals surface area (Å²) >= 11 is 6.07. The monoisotopic (exact) mass is 498 g/mol. The number of halogens is 1. The molecule has 0 fully saturated rings. The Hall–Kier alpha value is -2.85. The molecule has 1 rings (SSSR count). The zero-order valence-electron chi connectivity index (χ0n) is 20.0. The van der Waals surface area contributed by atoms with Crippen molar-refractivity contribution in [2.45, 2.75) is 65.1 Å². The highest BCUT2D eigenvalue weighted by Crippen LogP contribution is 2.24. The summed E-state index contributed by atoms with van der Waals surface area (Å²) in [6.45, 7) is 7.50. The SMILES string of the molecule is CC(C)C[C@@H](N)COc1ccc(Cl)cc1C(=O)N[C@@H](CCC(N)=O)C(=O)N[C@H](C(=O)O)C(C)C. The van der Waals surface area contributed by atoms with Gasteiger partial charge >= 0.3 is 5.97 Å². The Morgan fingerprint density at radius 2 is 1.76 bits per heavy atom. The minimum atomic E-state index is -1.22. The van der Waals surface area contributed by atoms with Crippen LogP contribution in [0.25, 0.3) is 0 Å². The van der Waals surface area contributed by atoms with Crippen LogP contribution in [0.1, 0.15) is 57.3 Å². The zero-order chi connectivity index (χ0) is 26.0. The van der Waals surface area contributed by atoms with Crippen LogP contribution in [0.3, 0.4) is 0 Å². The second kappa shape index (κ2) is 13.8. The molecule has 3 amide bonds. The number of carboxylic acid groups (broad SMARTS) is 1. The van der Waals surface area contributed by atoms with Gasteiger partial charge in [-0.1, -0.05) is 39.3 Å². The molecule has 0 aliphatic rings. The Morgan fingerprint density at radius 3 is 2.29 bits per heavy atom. The molecule has 190 valence electrons. The van der Waals surface area contributed by atoms with Crippen LogP contribution in [0.2, 0.25) is 5.02 Å². The number of rotatable bonds is 14. The van der Waals surface area contributed by atoms with E-state index in [0.29, 0.717) is 5.92 Å². The van der Waals surface area contributed by atoms with Gasteiger partial charge in [-0.15, -0.1) is 0 Å². The second-order valence-corrected chi connectivity index (χ2v) is 9.38. The highest BCUT2D eigenvalue weighted by Gasteiger charge is 2.29. The molecular weight excluding hydrogens is 464 g/mol. The van der Waals surface area contributed by atoms with Gasteiger partial charge in [0.25, 0.3) is 5.91 Å². The number of nitrogens with two attached hydrogens (primary N) is 2. The van der Waals surface area contributed by atoms with Crippen molar-refractivity contribution in [3.8, 4) is 5.75 Å². The second-order valence-electron chi connectivity index (χ2n) is 8.94. The van der Waals surface area contributed by atoms with Gasteiger partial charge < -0.3 is 31.9 Å². The average molecular weight is 499 g/mol. The summed E-state index contributed by atoms with van der Waals surface area (Å²) in [5.41, 5.74) is 11.3. The number of amides is 3. The molecule has 3 atom stereocenters.